The Balaban J connectivity index is 1.24. The maximum absolute atomic E-state index is 12.6. The highest BCUT2D eigenvalue weighted by Gasteiger charge is 2.52. The molecular weight excluding hydrogens is 365 g/mol. The Kier molecular flexibility index (Phi) is 4.70. The molecule has 1 spiro atoms. The Morgan fingerprint density at radius 2 is 1.68 bits per heavy atom. The van der Waals surface area contributed by atoms with E-state index < -0.39 is 11.7 Å². The van der Waals surface area contributed by atoms with Crippen LogP contribution in [0, 0.1) is 12.3 Å². The van der Waals surface area contributed by atoms with E-state index in [2.05, 4.69) is 36.1 Å². The quantitative estimate of drug-likeness (QED) is 0.793. The predicted molar refractivity (Wildman–Crippen MR) is 101 cm³/mol. The van der Waals surface area contributed by atoms with Crippen molar-refractivity contribution in [3.8, 4) is 0 Å². The third-order valence-electron chi connectivity index (χ3n) is 5.65. The maximum atomic E-state index is 12.6. The molecule has 0 saturated carbocycles. The molecule has 0 aliphatic carbocycles. The third kappa shape index (κ3) is 3.92. The number of amides is 1. The molecular formula is C22H23F3N2O. The summed E-state index contributed by atoms with van der Waals surface area (Å²) in [6.45, 7) is 6.50. The minimum atomic E-state index is -4.35. The zero-order chi connectivity index (χ0) is 19.9. The van der Waals surface area contributed by atoms with Gasteiger partial charge in [-0.1, -0.05) is 42.0 Å². The molecule has 4 rings (SSSR count). The zero-order valence-electron chi connectivity index (χ0n) is 15.8. The molecule has 0 aromatic heterocycles. The number of nitrogens with zero attached hydrogens (tertiary/aromatic N) is 2. The fourth-order valence-electron chi connectivity index (χ4n) is 4.32. The number of rotatable bonds is 4. The molecule has 2 aliphatic heterocycles. The number of carbonyl (C=O) groups is 1. The molecule has 1 amide bonds. The van der Waals surface area contributed by atoms with Crippen LogP contribution >= 0.6 is 0 Å². The van der Waals surface area contributed by atoms with Crippen LogP contribution in [-0.4, -0.2) is 41.9 Å². The first kappa shape index (κ1) is 19.0. The van der Waals surface area contributed by atoms with E-state index in [0.717, 1.165) is 44.9 Å². The summed E-state index contributed by atoms with van der Waals surface area (Å²) in [5.74, 6) is -0.0116. The standard InChI is InChI=1S/C22H23F3N2O/c1-16-3-2-4-18(9-16)11-26-12-21(13-26)14-27(15-21)20(28)10-17-5-7-19(8-6-17)22(23,24)25/h2-9H,10-15H2,1H3. The molecule has 0 atom stereocenters. The van der Waals surface area contributed by atoms with Crippen LogP contribution < -0.4 is 0 Å². The first-order valence-electron chi connectivity index (χ1n) is 9.44. The van der Waals surface area contributed by atoms with E-state index in [0.29, 0.717) is 5.56 Å². The van der Waals surface area contributed by atoms with Crippen molar-refractivity contribution in [1.82, 2.24) is 9.80 Å². The van der Waals surface area contributed by atoms with Gasteiger partial charge in [-0.15, -0.1) is 0 Å². The Hall–Kier alpha value is -2.34. The Labute approximate surface area is 162 Å². The van der Waals surface area contributed by atoms with Crippen LogP contribution in [0.15, 0.2) is 48.5 Å². The number of halogens is 3. The van der Waals surface area contributed by atoms with Gasteiger partial charge in [0.25, 0.3) is 0 Å². The molecule has 2 aromatic carbocycles. The molecule has 28 heavy (non-hydrogen) atoms. The highest BCUT2D eigenvalue weighted by atomic mass is 19.4. The molecule has 2 fully saturated rings. The summed E-state index contributed by atoms with van der Waals surface area (Å²) in [7, 11) is 0. The summed E-state index contributed by atoms with van der Waals surface area (Å²) in [6, 6.07) is 13.4. The molecule has 2 aromatic rings. The monoisotopic (exact) mass is 388 g/mol. The van der Waals surface area contributed by atoms with Crippen molar-refractivity contribution in [3.63, 3.8) is 0 Å². The smallest absolute Gasteiger partial charge is 0.341 e. The van der Waals surface area contributed by atoms with Gasteiger partial charge in [0.05, 0.1) is 12.0 Å². The summed E-state index contributed by atoms with van der Waals surface area (Å²) < 4.78 is 37.8. The lowest BCUT2D eigenvalue weighted by molar-refractivity contribution is -0.159. The van der Waals surface area contributed by atoms with Gasteiger partial charge < -0.3 is 4.90 Å². The van der Waals surface area contributed by atoms with E-state index in [-0.39, 0.29) is 17.7 Å². The van der Waals surface area contributed by atoms with Gasteiger partial charge in [0, 0.05) is 38.1 Å². The Morgan fingerprint density at radius 3 is 2.29 bits per heavy atom. The average molecular weight is 388 g/mol. The minimum Gasteiger partial charge on any atom is -0.341 e. The number of carbonyl (C=O) groups excluding carboxylic acids is 1. The topological polar surface area (TPSA) is 23.6 Å². The highest BCUT2D eigenvalue weighted by molar-refractivity contribution is 5.79. The molecule has 2 heterocycles. The van der Waals surface area contributed by atoms with E-state index in [1.807, 2.05) is 4.90 Å². The van der Waals surface area contributed by atoms with Gasteiger partial charge in [-0.05, 0) is 30.2 Å². The molecule has 0 radical (unpaired) electrons. The van der Waals surface area contributed by atoms with Gasteiger partial charge in [0.1, 0.15) is 0 Å². The van der Waals surface area contributed by atoms with E-state index in [1.165, 1.54) is 23.3 Å². The van der Waals surface area contributed by atoms with E-state index in [9.17, 15) is 18.0 Å². The van der Waals surface area contributed by atoms with Gasteiger partial charge in [0.15, 0.2) is 0 Å². The van der Waals surface area contributed by atoms with Crippen molar-refractivity contribution in [2.24, 2.45) is 5.41 Å². The fourth-order valence-corrected chi connectivity index (χ4v) is 4.32. The van der Waals surface area contributed by atoms with Crippen LogP contribution in [0.2, 0.25) is 0 Å². The van der Waals surface area contributed by atoms with Crippen molar-refractivity contribution in [3.05, 3.63) is 70.8 Å². The van der Waals surface area contributed by atoms with Crippen LogP contribution in [-0.2, 0) is 23.9 Å². The van der Waals surface area contributed by atoms with Crippen molar-refractivity contribution in [2.45, 2.75) is 26.1 Å². The molecule has 0 N–H and O–H groups in total. The summed E-state index contributed by atoms with van der Waals surface area (Å²) in [6.07, 6.45) is -4.19. The summed E-state index contributed by atoms with van der Waals surface area (Å²) in [5, 5.41) is 0. The van der Waals surface area contributed by atoms with Crippen LogP contribution in [0.4, 0.5) is 13.2 Å². The normalized spacial score (nSPS) is 18.6. The highest BCUT2D eigenvalue weighted by Crippen LogP contribution is 2.40. The van der Waals surface area contributed by atoms with Crippen LogP contribution in [0.5, 0.6) is 0 Å². The zero-order valence-corrected chi connectivity index (χ0v) is 15.8. The van der Waals surface area contributed by atoms with Crippen LogP contribution in [0.25, 0.3) is 0 Å². The molecule has 6 heteroatoms. The number of alkyl halides is 3. The number of hydrogen-bond acceptors (Lipinski definition) is 2. The number of hydrogen-bond donors (Lipinski definition) is 0. The SMILES string of the molecule is Cc1cccc(CN2CC3(C2)CN(C(=O)Cc2ccc(C(F)(F)F)cc2)C3)c1. The second-order valence-electron chi connectivity index (χ2n) is 8.26. The second-order valence-corrected chi connectivity index (χ2v) is 8.26. The summed E-state index contributed by atoms with van der Waals surface area (Å²) in [5.41, 5.74) is 2.71. The molecule has 2 aliphatic rings. The van der Waals surface area contributed by atoms with Crippen LogP contribution in [0.1, 0.15) is 22.3 Å². The molecule has 148 valence electrons. The van der Waals surface area contributed by atoms with Crippen molar-refractivity contribution >= 4 is 5.91 Å². The second kappa shape index (κ2) is 6.92. The van der Waals surface area contributed by atoms with Crippen molar-refractivity contribution < 1.29 is 18.0 Å². The van der Waals surface area contributed by atoms with Gasteiger partial charge in [0.2, 0.25) is 5.91 Å². The summed E-state index contributed by atoms with van der Waals surface area (Å²) >= 11 is 0. The first-order chi connectivity index (χ1) is 13.2. The predicted octanol–water partition coefficient (Wildman–Crippen LogP) is 3.90. The molecule has 0 bridgehead atoms. The minimum absolute atomic E-state index is 0.0116. The van der Waals surface area contributed by atoms with Gasteiger partial charge in [-0.2, -0.15) is 13.2 Å². The third-order valence-corrected chi connectivity index (χ3v) is 5.65. The van der Waals surface area contributed by atoms with Crippen LogP contribution in [0.3, 0.4) is 0 Å². The summed E-state index contributed by atoms with van der Waals surface area (Å²) in [4.78, 5) is 16.6. The van der Waals surface area contributed by atoms with E-state index in [1.54, 1.807) is 0 Å². The fraction of sp³-hybridized carbons (Fsp3) is 0.409. The molecule has 2 saturated heterocycles. The van der Waals surface area contributed by atoms with Gasteiger partial charge in [-0.3, -0.25) is 9.69 Å². The number of aryl methyl sites for hydroxylation is 1. The number of benzene rings is 2. The van der Waals surface area contributed by atoms with E-state index >= 15 is 0 Å². The van der Waals surface area contributed by atoms with Crippen molar-refractivity contribution in [1.29, 1.82) is 0 Å². The van der Waals surface area contributed by atoms with Crippen molar-refractivity contribution in [2.75, 3.05) is 26.2 Å². The average Bonchev–Trinajstić information content (AvgIpc) is 2.55. The molecule has 3 nitrogen and oxygen atoms in total. The Bertz CT molecular complexity index is 862. The van der Waals surface area contributed by atoms with Gasteiger partial charge >= 0.3 is 6.18 Å². The van der Waals surface area contributed by atoms with Gasteiger partial charge in [-0.25, -0.2) is 0 Å². The largest absolute Gasteiger partial charge is 0.416 e. The lowest BCUT2D eigenvalue weighted by Gasteiger charge is -2.60. The maximum Gasteiger partial charge on any atom is 0.416 e. The lowest BCUT2D eigenvalue weighted by Crippen LogP contribution is -2.72. The lowest BCUT2D eigenvalue weighted by atomic mass is 9.72. The Morgan fingerprint density at radius 1 is 1.00 bits per heavy atom. The number of likely N-dealkylation sites (tertiary alicyclic amines) is 2. The first-order valence-corrected chi connectivity index (χ1v) is 9.44. The molecule has 0 unspecified atom stereocenters. The van der Waals surface area contributed by atoms with E-state index in [4.69, 9.17) is 0 Å².